The van der Waals surface area contributed by atoms with Crippen molar-refractivity contribution < 1.29 is 12.8 Å². The van der Waals surface area contributed by atoms with E-state index in [4.69, 9.17) is 0 Å². The van der Waals surface area contributed by atoms with Crippen LogP contribution in [0.3, 0.4) is 0 Å². The first kappa shape index (κ1) is 18.6. The molecule has 0 aromatic heterocycles. The summed E-state index contributed by atoms with van der Waals surface area (Å²) < 4.78 is 39.3. The topological polar surface area (TPSA) is 49.4 Å². The molecule has 0 unspecified atom stereocenters. The third kappa shape index (κ3) is 5.41. The molecule has 0 spiro atoms. The molecule has 1 heterocycles. The Hall–Kier alpha value is -0.690. The van der Waals surface area contributed by atoms with Crippen molar-refractivity contribution in [3.63, 3.8) is 0 Å². The molecule has 0 amide bonds. The number of piperidine rings is 1. The minimum Gasteiger partial charge on any atom is -0.314 e. The largest absolute Gasteiger partial charge is 0.314 e. The highest BCUT2D eigenvalue weighted by atomic mass is 35.5. The van der Waals surface area contributed by atoms with Crippen molar-refractivity contribution in [3.05, 3.63) is 35.6 Å². The van der Waals surface area contributed by atoms with E-state index in [1.54, 1.807) is 4.31 Å². The Balaban J connectivity index is 0.00000192. The van der Waals surface area contributed by atoms with Gasteiger partial charge in [-0.25, -0.2) is 17.1 Å². The summed E-state index contributed by atoms with van der Waals surface area (Å²) in [5, 5.41) is 3.55. The van der Waals surface area contributed by atoms with Crippen LogP contribution in [0.5, 0.6) is 0 Å². The van der Waals surface area contributed by atoms with Gasteiger partial charge in [0.25, 0.3) is 0 Å². The number of benzene rings is 1. The van der Waals surface area contributed by atoms with E-state index < -0.39 is 10.0 Å². The molecular formula is C16H24ClFN2O2S. The lowest BCUT2D eigenvalue weighted by Gasteiger charge is -2.31. The summed E-state index contributed by atoms with van der Waals surface area (Å²) in [7, 11) is -3.31. The van der Waals surface area contributed by atoms with Gasteiger partial charge >= 0.3 is 0 Å². The number of nitrogens with one attached hydrogen (secondary N) is 1. The Labute approximate surface area is 143 Å². The van der Waals surface area contributed by atoms with Crippen LogP contribution in [0.4, 0.5) is 4.39 Å². The Bertz CT molecular complexity index is 597. The fraction of sp³-hybridized carbons (Fsp3) is 0.625. The van der Waals surface area contributed by atoms with Crippen LogP contribution in [0.2, 0.25) is 0 Å². The zero-order chi connectivity index (χ0) is 15.6. The van der Waals surface area contributed by atoms with Gasteiger partial charge in [0.2, 0.25) is 10.0 Å². The van der Waals surface area contributed by atoms with Crippen molar-refractivity contribution in [2.24, 2.45) is 5.92 Å². The van der Waals surface area contributed by atoms with Crippen molar-refractivity contribution >= 4 is 22.4 Å². The second kappa shape index (κ2) is 7.92. The maximum atomic E-state index is 12.9. The molecule has 0 radical (unpaired) electrons. The number of sulfonamides is 1. The molecule has 1 saturated carbocycles. The lowest BCUT2D eigenvalue weighted by Crippen LogP contribution is -2.45. The van der Waals surface area contributed by atoms with E-state index in [2.05, 4.69) is 5.32 Å². The van der Waals surface area contributed by atoms with Crippen LogP contribution in [-0.2, 0) is 15.8 Å². The Morgan fingerprint density at radius 1 is 1.09 bits per heavy atom. The molecule has 7 heteroatoms. The molecular weight excluding hydrogens is 339 g/mol. The van der Waals surface area contributed by atoms with Gasteiger partial charge in [-0.15, -0.1) is 12.4 Å². The molecule has 1 aliphatic heterocycles. The first-order valence-corrected chi connectivity index (χ1v) is 9.59. The van der Waals surface area contributed by atoms with Gasteiger partial charge in [0, 0.05) is 19.1 Å². The van der Waals surface area contributed by atoms with Crippen LogP contribution < -0.4 is 5.32 Å². The fourth-order valence-corrected chi connectivity index (χ4v) is 4.44. The van der Waals surface area contributed by atoms with E-state index in [-0.39, 0.29) is 24.0 Å². The second-order valence-corrected chi connectivity index (χ2v) is 8.38. The first-order valence-electron chi connectivity index (χ1n) is 7.98. The van der Waals surface area contributed by atoms with Gasteiger partial charge in [0.1, 0.15) is 5.82 Å². The van der Waals surface area contributed by atoms with Crippen LogP contribution in [0.25, 0.3) is 0 Å². The van der Waals surface area contributed by atoms with Crippen molar-refractivity contribution in [2.45, 2.75) is 37.5 Å². The summed E-state index contributed by atoms with van der Waals surface area (Å²) in [6.07, 6.45) is 4.40. The predicted molar refractivity (Wildman–Crippen MR) is 91.6 cm³/mol. The first-order chi connectivity index (χ1) is 10.5. The molecule has 1 aliphatic carbocycles. The Morgan fingerprint density at radius 3 is 2.26 bits per heavy atom. The van der Waals surface area contributed by atoms with E-state index in [1.807, 2.05) is 0 Å². The van der Waals surface area contributed by atoms with Gasteiger partial charge in [0.05, 0.1) is 5.75 Å². The van der Waals surface area contributed by atoms with Gasteiger partial charge in [-0.1, -0.05) is 12.1 Å². The molecule has 23 heavy (non-hydrogen) atoms. The second-order valence-electron chi connectivity index (χ2n) is 6.41. The summed E-state index contributed by atoms with van der Waals surface area (Å²) in [6, 6.07) is 6.13. The van der Waals surface area contributed by atoms with Gasteiger partial charge < -0.3 is 5.32 Å². The van der Waals surface area contributed by atoms with Gasteiger partial charge in [-0.05, 0) is 55.8 Å². The van der Waals surface area contributed by atoms with Gasteiger partial charge in [-0.3, -0.25) is 0 Å². The number of hydrogen-bond acceptors (Lipinski definition) is 3. The highest BCUT2D eigenvalue weighted by molar-refractivity contribution is 7.88. The quantitative estimate of drug-likeness (QED) is 0.846. The number of hydrogen-bond donors (Lipinski definition) is 1. The molecule has 1 saturated heterocycles. The maximum Gasteiger partial charge on any atom is 0.218 e. The summed E-state index contributed by atoms with van der Waals surface area (Å²) in [6.45, 7) is 2.23. The monoisotopic (exact) mass is 362 g/mol. The summed E-state index contributed by atoms with van der Waals surface area (Å²) in [4.78, 5) is 0. The Kier molecular flexibility index (Phi) is 6.42. The number of rotatable bonds is 6. The zero-order valence-electron chi connectivity index (χ0n) is 13.1. The highest BCUT2D eigenvalue weighted by Gasteiger charge is 2.29. The van der Waals surface area contributed by atoms with E-state index in [0.717, 1.165) is 25.3 Å². The van der Waals surface area contributed by atoms with Crippen LogP contribution in [-0.4, -0.2) is 38.4 Å². The number of nitrogens with zero attached hydrogens (tertiary/aromatic N) is 1. The van der Waals surface area contributed by atoms with Gasteiger partial charge in [-0.2, -0.15) is 0 Å². The molecule has 2 fully saturated rings. The smallest absolute Gasteiger partial charge is 0.218 e. The van der Waals surface area contributed by atoms with Crippen molar-refractivity contribution in [2.75, 3.05) is 19.6 Å². The van der Waals surface area contributed by atoms with E-state index >= 15 is 0 Å². The van der Waals surface area contributed by atoms with Crippen molar-refractivity contribution in [1.82, 2.24) is 9.62 Å². The molecule has 4 nitrogen and oxygen atoms in total. The van der Waals surface area contributed by atoms with Crippen LogP contribution in [0, 0.1) is 11.7 Å². The minimum atomic E-state index is -3.31. The summed E-state index contributed by atoms with van der Waals surface area (Å²) in [5.41, 5.74) is 0.635. The van der Waals surface area contributed by atoms with Crippen LogP contribution in [0.15, 0.2) is 24.3 Å². The molecule has 0 bridgehead atoms. The molecule has 2 aliphatic rings. The van der Waals surface area contributed by atoms with E-state index in [1.165, 1.54) is 37.1 Å². The molecule has 1 aromatic rings. The standard InChI is InChI=1S/C16H23FN2O2S.ClH/c17-15-5-3-14(4-6-15)12-22(20,21)19-9-7-16(8-10-19)18-11-13-1-2-13;/h3-6,13,16,18H,1-2,7-12H2;1H. The van der Waals surface area contributed by atoms with Crippen LogP contribution in [0.1, 0.15) is 31.2 Å². The predicted octanol–water partition coefficient (Wildman–Crippen LogP) is 2.54. The summed E-state index contributed by atoms with van der Waals surface area (Å²) in [5.74, 6) is 0.455. The van der Waals surface area contributed by atoms with Crippen molar-refractivity contribution in [1.29, 1.82) is 0 Å². The van der Waals surface area contributed by atoms with Crippen LogP contribution >= 0.6 is 12.4 Å². The Morgan fingerprint density at radius 2 is 1.70 bits per heavy atom. The molecule has 130 valence electrons. The lowest BCUT2D eigenvalue weighted by atomic mass is 10.1. The SMILES string of the molecule is Cl.O=S(=O)(Cc1ccc(F)cc1)N1CCC(NCC2CC2)CC1. The number of halogens is 2. The minimum absolute atomic E-state index is 0. The van der Waals surface area contributed by atoms with Crippen molar-refractivity contribution in [3.8, 4) is 0 Å². The fourth-order valence-electron chi connectivity index (χ4n) is 2.88. The van der Waals surface area contributed by atoms with E-state index in [9.17, 15) is 12.8 Å². The zero-order valence-corrected chi connectivity index (χ0v) is 14.7. The lowest BCUT2D eigenvalue weighted by molar-refractivity contribution is 0.287. The molecule has 1 aromatic carbocycles. The molecule has 0 atom stereocenters. The van der Waals surface area contributed by atoms with E-state index in [0.29, 0.717) is 24.7 Å². The van der Waals surface area contributed by atoms with Gasteiger partial charge in [0.15, 0.2) is 0 Å². The molecule has 1 N–H and O–H groups in total. The maximum absolute atomic E-state index is 12.9. The third-order valence-corrected chi connectivity index (χ3v) is 6.35. The highest BCUT2D eigenvalue weighted by Crippen LogP contribution is 2.28. The summed E-state index contributed by atoms with van der Waals surface area (Å²) >= 11 is 0. The average Bonchev–Trinajstić information content (AvgIpc) is 3.32. The normalized spacial score (nSPS) is 20.2. The third-order valence-electron chi connectivity index (χ3n) is 4.50. The average molecular weight is 363 g/mol. The molecule has 3 rings (SSSR count).